The van der Waals surface area contributed by atoms with E-state index in [-0.39, 0.29) is 25.1 Å². The minimum atomic E-state index is -2.31. The number of nitrogens with one attached hydrogen (secondary N) is 1. The Balaban J connectivity index is 1.55. The summed E-state index contributed by atoms with van der Waals surface area (Å²) in [4.78, 5) is 21.2. The fourth-order valence-corrected chi connectivity index (χ4v) is 3.76. The number of alkyl halides is 2. The molecule has 0 unspecified atom stereocenters. The first kappa shape index (κ1) is 24.8. The van der Waals surface area contributed by atoms with Crippen LogP contribution in [0.3, 0.4) is 0 Å². The Labute approximate surface area is 192 Å². The van der Waals surface area contributed by atoms with Crippen molar-refractivity contribution in [3.8, 4) is 5.75 Å². The highest BCUT2D eigenvalue weighted by Gasteiger charge is 2.27. The molecule has 1 aliphatic rings. The smallest absolute Gasteiger partial charge is 0.318 e. The van der Waals surface area contributed by atoms with Crippen molar-refractivity contribution in [3.05, 3.63) is 59.7 Å². The zero-order valence-electron chi connectivity index (χ0n) is 18.9. The number of pyridine rings is 1. The van der Waals surface area contributed by atoms with E-state index in [9.17, 15) is 18.0 Å². The molecule has 6 nitrogen and oxygen atoms in total. The molecule has 2 heterocycles. The number of amides is 2. The lowest BCUT2D eigenvalue weighted by Crippen LogP contribution is -2.49. The molecule has 2 amide bonds. The zero-order valence-corrected chi connectivity index (χ0v) is 18.9. The number of hydrogen-bond donors (Lipinski definition) is 1. The molecule has 1 aliphatic heterocycles. The lowest BCUT2D eigenvalue weighted by atomic mass is 10.0. The topological polar surface area (TPSA) is 57.7 Å². The van der Waals surface area contributed by atoms with E-state index in [0.29, 0.717) is 31.0 Å². The molecule has 3 rings (SSSR count). The number of rotatable bonds is 10. The molecule has 0 saturated carbocycles. The number of likely N-dealkylation sites (tertiary alicyclic amines) is 1. The van der Waals surface area contributed by atoms with Crippen LogP contribution in [-0.4, -0.2) is 60.0 Å². The number of urea groups is 1. The van der Waals surface area contributed by atoms with Crippen LogP contribution in [0.5, 0.6) is 5.75 Å². The van der Waals surface area contributed by atoms with Crippen LogP contribution in [0, 0.1) is 5.82 Å². The van der Waals surface area contributed by atoms with Crippen molar-refractivity contribution in [2.45, 2.75) is 51.2 Å². The van der Waals surface area contributed by atoms with Gasteiger partial charge in [-0.25, -0.2) is 18.0 Å². The minimum Gasteiger partial charge on any atom is -0.494 e. The second kappa shape index (κ2) is 12.4. The van der Waals surface area contributed by atoms with Gasteiger partial charge in [0.15, 0.2) is 0 Å². The third-order valence-corrected chi connectivity index (χ3v) is 5.71. The summed E-state index contributed by atoms with van der Waals surface area (Å²) in [5.41, 5.74) is 1.53. The first-order chi connectivity index (χ1) is 15.9. The molecule has 0 aliphatic carbocycles. The summed E-state index contributed by atoms with van der Waals surface area (Å²) in [5, 5.41) is 2.97. The van der Waals surface area contributed by atoms with Gasteiger partial charge in [-0.15, -0.1) is 0 Å². The predicted octanol–water partition coefficient (Wildman–Crippen LogP) is 4.45. The van der Waals surface area contributed by atoms with E-state index in [1.165, 1.54) is 6.07 Å². The van der Waals surface area contributed by atoms with Crippen LogP contribution in [0.15, 0.2) is 42.6 Å². The number of carbonyl (C=O) groups excluding carboxylic acids is 1. The molecular weight excluding hydrogens is 433 g/mol. The lowest BCUT2D eigenvalue weighted by molar-refractivity contribution is 0.126. The SMILES string of the molecule is CN1CCC(N(Cc2ccc(F)cn2)C(=O)NCc2ccc(OCCCC(F)F)cc2)CC1. The Bertz CT molecular complexity index is 857. The number of benzene rings is 1. The van der Waals surface area contributed by atoms with Crippen molar-refractivity contribution in [1.82, 2.24) is 20.1 Å². The number of nitrogens with zero attached hydrogens (tertiary/aromatic N) is 3. The molecule has 1 fully saturated rings. The number of piperidine rings is 1. The van der Waals surface area contributed by atoms with E-state index in [4.69, 9.17) is 4.74 Å². The van der Waals surface area contributed by atoms with Gasteiger partial charge < -0.3 is 19.9 Å². The summed E-state index contributed by atoms with van der Waals surface area (Å²) in [6.45, 7) is 2.70. The number of hydrogen-bond acceptors (Lipinski definition) is 4. The van der Waals surface area contributed by atoms with Crippen LogP contribution in [0.2, 0.25) is 0 Å². The molecule has 180 valence electrons. The summed E-state index contributed by atoms with van der Waals surface area (Å²) in [5.74, 6) is 0.199. The maximum Gasteiger partial charge on any atom is 0.318 e. The summed E-state index contributed by atoms with van der Waals surface area (Å²) < 4.78 is 43.1. The van der Waals surface area contributed by atoms with Gasteiger partial charge in [-0.05, 0) is 69.2 Å². The van der Waals surface area contributed by atoms with Gasteiger partial charge in [-0.3, -0.25) is 4.98 Å². The summed E-state index contributed by atoms with van der Waals surface area (Å²) in [6, 6.07) is 10.0. The molecule has 1 aromatic heterocycles. The maximum atomic E-state index is 13.2. The molecule has 9 heteroatoms. The zero-order chi connectivity index (χ0) is 23.6. The van der Waals surface area contributed by atoms with Crippen LogP contribution in [0.25, 0.3) is 0 Å². The highest BCUT2D eigenvalue weighted by molar-refractivity contribution is 5.74. The van der Waals surface area contributed by atoms with Gasteiger partial charge in [0.05, 0.1) is 25.0 Å². The van der Waals surface area contributed by atoms with Gasteiger partial charge in [0.2, 0.25) is 6.43 Å². The third kappa shape index (κ3) is 8.24. The van der Waals surface area contributed by atoms with Gasteiger partial charge in [0.1, 0.15) is 11.6 Å². The fourth-order valence-electron chi connectivity index (χ4n) is 3.76. The van der Waals surface area contributed by atoms with E-state index in [1.807, 2.05) is 12.1 Å². The molecule has 2 aromatic rings. The van der Waals surface area contributed by atoms with Gasteiger partial charge >= 0.3 is 6.03 Å². The van der Waals surface area contributed by atoms with Crippen LogP contribution >= 0.6 is 0 Å². The highest BCUT2D eigenvalue weighted by atomic mass is 19.3. The van der Waals surface area contributed by atoms with Crippen molar-refractivity contribution < 1.29 is 22.7 Å². The van der Waals surface area contributed by atoms with Gasteiger partial charge in [0, 0.05) is 19.0 Å². The van der Waals surface area contributed by atoms with E-state index < -0.39 is 12.2 Å². The van der Waals surface area contributed by atoms with Crippen molar-refractivity contribution in [2.75, 3.05) is 26.7 Å². The van der Waals surface area contributed by atoms with Crippen LogP contribution in [0.1, 0.15) is 36.9 Å². The average molecular weight is 465 g/mol. The Morgan fingerprint density at radius 3 is 2.58 bits per heavy atom. The highest BCUT2D eigenvalue weighted by Crippen LogP contribution is 2.19. The molecule has 0 bridgehead atoms. The average Bonchev–Trinajstić information content (AvgIpc) is 2.81. The van der Waals surface area contributed by atoms with Crippen molar-refractivity contribution in [1.29, 1.82) is 0 Å². The minimum absolute atomic E-state index is 0.0806. The fraction of sp³-hybridized carbons (Fsp3) is 0.500. The molecule has 0 atom stereocenters. The van der Waals surface area contributed by atoms with Gasteiger partial charge in [0.25, 0.3) is 0 Å². The monoisotopic (exact) mass is 464 g/mol. The second-order valence-corrected chi connectivity index (χ2v) is 8.31. The largest absolute Gasteiger partial charge is 0.494 e. The van der Waals surface area contributed by atoms with E-state index in [1.54, 1.807) is 23.1 Å². The second-order valence-electron chi connectivity index (χ2n) is 8.31. The van der Waals surface area contributed by atoms with E-state index in [2.05, 4.69) is 22.2 Å². The van der Waals surface area contributed by atoms with Crippen molar-refractivity contribution in [3.63, 3.8) is 0 Å². The molecule has 33 heavy (non-hydrogen) atoms. The maximum absolute atomic E-state index is 13.2. The number of halogens is 3. The third-order valence-electron chi connectivity index (χ3n) is 5.71. The molecule has 0 spiro atoms. The van der Waals surface area contributed by atoms with E-state index in [0.717, 1.165) is 37.7 Å². The number of carbonyl (C=O) groups is 1. The quantitative estimate of drug-likeness (QED) is 0.528. The summed E-state index contributed by atoms with van der Waals surface area (Å²) in [6.07, 6.45) is 0.701. The van der Waals surface area contributed by atoms with E-state index >= 15 is 0 Å². The van der Waals surface area contributed by atoms with Crippen LogP contribution in [0.4, 0.5) is 18.0 Å². The standard InChI is InChI=1S/C24H31F3N4O2/c1-30-12-10-21(11-13-30)31(17-20-7-6-19(25)16-28-20)24(32)29-15-18-4-8-22(9-5-18)33-14-2-3-23(26)27/h4-9,16,21,23H,2-3,10-15,17H2,1H3,(H,29,32). The number of ether oxygens (including phenoxy) is 1. The lowest BCUT2D eigenvalue weighted by Gasteiger charge is -2.37. The Hall–Kier alpha value is -2.81. The predicted molar refractivity (Wildman–Crippen MR) is 120 cm³/mol. The first-order valence-corrected chi connectivity index (χ1v) is 11.2. The van der Waals surface area contributed by atoms with Crippen molar-refractivity contribution >= 4 is 6.03 Å². The Morgan fingerprint density at radius 1 is 1.21 bits per heavy atom. The van der Waals surface area contributed by atoms with Crippen LogP contribution in [-0.2, 0) is 13.1 Å². The van der Waals surface area contributed by atoms with Gasteiger partial charge in [-0.1, -0.05) is 12.1 Å². The number of aromatic nitrogens is 1. The normalized spacial score (nSPS) is 14.9. The first-order valence-electron chi connectivity index (χ1n) is 11.2. The molecule has 0 radical (unpaired) electrons. The molecule has 1 saturated heterocycles. The van der Waals surface area contributed by atoms with Gasteiger partial charge in [-0.2, -0.15) is 0 Å². The molecule has 1 N–H and O–H groups in total. The summed E-state index contributed by atoms with van der Waals surface area (Å²) >= 11 is 0. The summed E-state index contributed by atoms with van der Waals surface area (Å²) in [7, 11) is 2.06. The van der Waals surface area contributed by atoms with Crippen LogP contribution < -0.4 is 10.1 Å². The Kier molecular flexibility index (Phi) is 9.35. The molecule has 1 aromatic carbocycles. The molecular formula is C24H31F3N4O2. The van der Waals surface area contributed by atoms with Crippen molar-refractivity contribution in [2.24, 2.45) is 0 Å². The Morgan fingerprint density at radius 2 is 1.94 bits per heavy atom.